The van der Waals surface area contributed by atoms with E-state index < -0.39 is 28.5 Å². The number of rotatable bonds is 13. The van der Waals surface area contributed by atoms with Crippen LogP contribution in [0.3, 0.4) is 0 Å². The summed E-state index contributed by atoms with van der Waals surface area (Å²) in [6.07, 6.45) is 0.873. The number of hydrogen-bond donors (Lipinski definition) is 1. The highest BCUT2D eigenvalue weighted by Gasteiger charge is 2.35. The van der Waals surface area contributed by atoms with Gasteiger partial charge in [-0.15, -0.1) is 0 Å². The predicted octanol–water partition coefficient (Wildman–Crippen LogP) is 8.01. The van der Waals surface area contributed by atoms with Gasteiger partial charge < -0.3 is 10.2 Å². The summed E-state index contributed by atoms with van der Waals surface area (Å²) in [5.74, 6) is -0.949. The van der Waals surface area contributed by atoms with Gasteiger partial charge in [0.25, 0.3) is 10.0 Å². The molecule has 0 saturated carbocycles. The molecule has 1 N–H and O–H groups in total. The Hall–Kier alpha value is -3.56. The molecule has 4 aromatic carbocycles. The lowest BCUT2D eigenvalue weighted by Crippen LogP contribution is -2.54. The Balaban J connectivity index is 1.85. The number of nitrogens with zero attached hydrogens (tertiary/aromatic N) is 2. The van der Waals surface area contributed by atoms with Crippen LogP contribution in [0.5, 0.6) is 0 Å². The predicted molar refractivity (Wildman–Crippen MR) is 191 cm³/mol. The standard InChI is InChI=1S/C36H38Cl3N3O4S/c1-5-25(3)40-36(44)34(21-27-10-7-6-8-11-27)41(22-28-16-19-31(38)32(39)20-28)35(43)23-42(33-13-9-12-30(37)26(33)4)47(45,46)29-17-14-24(2)15-18-29/h6-20,25,34H,5,21-23H2,1-4H3,(H,40,44)/t25-,34+/m1/s1. The number of carbonyl (C=O) groups is 2. The van der Waals surface area contributed by atoms with Crippen LogP contribution in [0.15, 0.2) is 95.9 Å². The molecule has 0 spiro atoms. The third-order valence-corrected chi connectivity index (χ3v) is 10.9. The average Bonchev–Trinajstić information content (AvgIpc) is 3.05. The van der Waals surface area contributed by atoms with Crippen molar-refractivity contribution in [1.82, 2.24) is 10.2 Å². The molecule has 7 nitrogen and oxygen atoms in total. The fourth-order valence-corrected chi connectivity index (χ4v) is 7.01. The van der Waals surface area contributed by atoms with Crippen LogP contribution in [0, 0.1) is 13.8 Å². The Morgan fingerprint density at radius 3 is 2.13 bits per heavy atom. The van der Waals surface area contributed by atoms with Crippen molar-refractivity contribution >= 4 is 62.3 Å². The summed E-state index contributed by atoms with van der Waals surface area (Å²) in [6.45, 7) is 6.77. The van der Waals surface area contributed by atoms with Crippen molar-refractivity contribution in [3.05, 3.63) is 128 Å². The Kier molecular flexibility index (Phi) is 12.4. The molecule has 0 aliphatic heterocycles. The van der Waals surface area contributed by atoms with E-state index in [9.17, 15) is 18.0 Å². The Bertz CT molecular complexity index is 1820. The van der Waals surface area contributed by atoms with Crippen LogP contribution < -0.4 is 9.62 Å². The molecular formula is C36H38Cl3N3O4S. The first kappa shape index (κ1) is 36.3. The lowest BCUT2D eigenvalue weighted by molar-refractivity contribution is -0.140. The minimum Gasteiger partial charge on any atom is -0.352 e. The second-order valence-corrected chi connectivity index (χ2v) is 14.6. The van der Waals surface area contributed by atoms with Gasteiger partial charge in [-0.1, -0.05) is 102 Å². The summed E-state index contributed by atoms with van der Waals surface area (Å²) in [5, 5.41) is 4.01. The monoisotopic (exact) mass is 713 g/mol. The van der Waals surface area contributed by atoms with Crippen molar-refractivity contribution in [1.29, 1.82) is 0 Å². The van der Waals surface area contributed by atoms with E-state index in [1.807, 2.05) is 51.1 Å². The number of anilines is 1. The fourth-order valence-electron chi connectivity index (χ4n) is 5.05. The molecule has 4 aromatic rings. The summed E-state index contributed by atoms with van der Waals surface area (Å²) in [7, 11) is -4.26. The molecule has 47 heavy (non-hydrogen) atoms. The number of sulfonamides is 1. The van der Waals surface area contributed by atoms with E-state index in [4.69, 9.17) is 34.8 Å². The van der Waals surface area contributed by atoms with Crippen molar-refractivity contribution in [2.75, 3.05) is 10.8 Å². The Labute approximate surface area is 292 Å². The quantitative estimate of drug-likeness (QED) is 0.152. The van der Waals surface area contributed by atoms with Gasteiger partial charge >= 0.3 is 0 Å². The molecule has 0 heterocycles. The van der Waals surface area contributed by atoms with E-state index in [0.717, 1.165) is 15.4 Å². The molecule has 2 amide bonds. The van der Waals surface area contributed by atoms with Gasteiger partial charge in [0, 0.05) is 24.0 Å². The first-order valence-electron chi connectivity index (χ1n) is 15.2. The average molecular weight is 715 g/mol. The van der Waals surface area contributed by atoms with Gasteiger partial charge in [-0.05, 0) is 80.3 Å². The van der Waals surface area contributed by atoms with Gasteiger partial charge in [0.15, 0.2) is 0 Å². The third-order valence-electron chi connectivity index (χ3n) is 8.00. The lowest BCUT2D eigenvalue weighted by Gasteiger charge is -2.34. The number of amides is 2. The second-order valence-electron chi connectivity index (χ2n) is 11.5. The van der Waals surface area contributed by atoms with Crippen LogP contribution in [0.25, 0.3) is 0 Å². The number of nitrogens with one attached hydrogen (secondary N) is 1. The van der Waals surface area contributed by atoms with Gasteiger partial charge in [0.2, 0.25) is 11.8 Å². The van der Waals surface area contributed by atoms with Crippen LogP contribution in [-0.2, 0) is 32.6 Å². The normalized spacial score (nSPS) is 12.7. The maximum Gasteiger partial charge on any atom is 0.264 e. The van der Waals surface area contributed by atoms with E-state index in [2.05, 4.69) is 5.32 Å². The molecule has 0 unspecified atom stereocenters. The molecule has 0 fully saturated rings. The lowest BCUT2D eigenvalue weighted by atomic mass is 10.0. The van der Waals surface area contributed by atoms with E-state index in [1.165, 1.54) is 17.0 Å². The molecule has 0 radical (unpaired) electrons. The summed E-state index contributed by atoms with van der Waals surface area (Å²) in [4.78, 5) is 30.1. The van der Waals surface area contributed by atoms with Crippen LogP contribution >= 0.6 is 34.8 Å². The first-order chi connectivity index (χ1) is 22.3. The maximum absolute atomic E-state index is 14.7. The summed E-state index contributed by atoms with van der Waals surface area (Å²) < 4.78 is 29.6. The molecule has 0 aliphatic carbocycles. The van der Waals surface area contributed by atoms with Gasteiger partial charge in [-0.3, -0.25) is 13.9 Å². The summed E-state index contributed by atoms with van der Waals surface area (Å²) >= 11 is 19.0. The van der Waals surface area contributed by atoms with Crippen LogP contribution in [-0.4, -0.2) is 43.8 Å². The van der Waals surface area contributed by atoms with Crippen LogP contribution in [0.4, 0.5) is 5.69 Å². The zero-order valence-electron chi connectivity index (χ0n) is 26.7. The number of carbonyl (C=O) groups excluding carboxylic acids is 2. The highest BCUT2D eigenvalue weighted by atomic mass is 35.5. The van der Waals surface area contributed by atoms with Gasteiger partial charge in [-0.2, -0.15) is 0 Å². The van der Waals surface area contributed by atoms with Crippen molar-refractivity contribution in [3.8, 4) is 0 Å². The highest BCUT2D eigenvalue weighted by Crippen LogP contribution is 2.32. The van der Waals surface area contributed by atoms with E-state index in [-0.39, 0.29) is 35.5 Å². The van der Waals surface area contributed by atoms with E-state index >= 15 is 0 Å². The topological polar surface area (TPSA) is 86.8 Å². The molecule has 4 rings (SSSR count). The molecule has 0 aliphatic rings. The zero-order valence-corrected chi connectivity index (χ0v) is 29.8. The molecule has 248 valence electrons. The molecule has 0 bridgehead atoms. The molecule has 0 saturated heterocycles. The van der Waals surface area contributed by atoms with Crippen LogP contribution in [0.2, 0.25) is 15.1 Å². The van der Waals surface area contributed by atoms with E-state index in [0.29, 0.717) is 32.6 Å². The number of benzene rings is 4. The van der Waals surface area contributed by atoms with Gasteiger partial charge in [-0.25, -0.2) is 8.42 Å². The molecule has 11 heteroatoms. The van der Waals surface area contributed by atoms with Crippen molar-refractivity contribution in [3.63, 3.8) is 0 Å². The summed E-state index contributed by atoms with van der Waals surface area (Å²) in [6, 6.07) is 24.5. The van der Waals surface area contributed by atoms with Crippen LogP contribution in [0.1, 0.15) is 42.5 Å². The fraction of sp³-hybridized carbons (Fsp3) is 0.278. The smallest absolute Gasteiger partial charge is 0.264 e. The van der Waals surface area contributed by atoms with Gasteiger partial charge in [0.05, 0.1) is 20.6 Å². The zero-order chi connectivity index (χ0) is 34.3. The Morgan fingerprint density at radius 1 is 0.809 bits per heavy atom. The van der Waals surface area contributed by atoms with Crippen molar-refractivity contribution in [2.24, 2.45) is 0 Å². The second kappa shape index (κ2) is 16.0. The Morgan fingerprint density at radius 2 is 1.49 bits per heavy atom. The first-order valence-corrected chi connectivity index (χ1v) is 17.8. The summed E-state index contributed by atoms with van der Waals surface area (Å²) in [5.41, 5.74) is 3.08. The maximum atomic E-state index is 14.7. The molecular weight excluding hydrogens is 677 g/mol. The SMILES string of the molecule is CC[C@@H](C)NC(=O)[C@H](Cc1ccccc1)N(Cc1ccc(Cl)c(Cl)c1)C(=O)CN(c1cccc(Cl)c1C)S(=O)(=O)c1ccc(C)cc1. The number of halogens is 3. The van der Waals surface area contributed by atoms with E-state index in [1.54, 1.807) is 55.5 Å². The van der Waals surface area contributed by atoms with Crippen molar-refractivity contribution in [2.45, 2.75) is 64.1 Å². The minimum atomic E-state index is -4.26. The third kappa shape index (κ3) is 9.08. The minimum absolute atomic E-state index is 0.0154. The van der Waals surface area contributed by atoms with Crippen molar-refractivity contribution < 1.29 is 18.0 Å². The van der Waals surface area contributed by atoms with Gasteiger partial charge in [0.1, 0.15) is 12.6 Å². The highest BCUT2D eigenvalue weighted by molar-refractivity contribution is 7.92. The largest absolute Gasteiger partial charge is 0.352 e. The number of aryl methyl sites for hydroxylation is 1. The molecule has 2 atom stereocenters. The number of hydrogen-bond acceptors (Lipinski definition) is 4. The molecule has 0 aromatic heterocycles.